The number of nitrogens with zero attached hydrogens (tertiary/aromatic N) is 2. The van der Waals surface area contributed by atoms with Crippen LogP contribution in [-0.4, -0.2) is 16.1 Å². The summed E-state index contributed by atoms with van der Waals surface area (Å²) in [6.45, 7) is 2.06. The Morgan fingerprint density at radius 1 is 1.11 bits per heavy atom. The Balaban J connectivity index is 2.12. The van der Waals surface area contributed by atoms with Gasteiger partial charge in [-0.15, -0.1) is 0 Å². The van der Waals surface area contributed by atoms with Crippen molar-refractivity contribution >= 4 is 17.2 Å². The van der Waals surface area contributed by atoms with Gasteiger partial charge in [-0.2, -0.15) is 5.10 Å². The Bertz CT molecular complexity index is 711. The Hall–Kier alpha value is -2.42. The third kappa shape index (κ3) is 1.80. The molecule has 0 fully saturated rings. The molecule has 0 aliphatic heterocycles. The zero-order chi connectivity index (χ0) is 12.5. The summed E-state index contributed by atoms with van der Waals surface area (Å²) in [6.07, 6.45) is 2.80. The predicted octanol–water partition coefficient (Wildman–Crippen LogP) is 3.15. The average Bonchev–Trinajstić information content (AvgIpc) is 2.82. The lowest BCUT2D eigenvalue weighted by Gasteiger charge is -2.00. The van der Waals surface area contributed by atoms with E-state index in [2.05, 4.69) is 24.2 Å². The van der Waals surface area contributed by atoms with Crippen LogP contribution in [0.5, 0.6) is 0 Å². The van der Waals surface area contributed by atoms with E-state index in [0.29, 0.717) is 5.56 Å². The topological polar surface area (TPSA) is 34.9 Å². The smallest absolute Gasteiger partial charge is 0.150 e. The Morgan fingerprint density at radius 3 is 2.61 bits per heavy atom. The van der Waals surface area contributed by atoms with Gasteiger partial charge in [0.05, 0.1) is 11.2 Å². The lowest BCUT2D eigenvalue weighted by atomic mass is 10.2. The average molecular weight is 236 g/mol. The monoisotopic (exact) mass is 236 g/mol. The molecule has 0 radical (unpaired) electrons. The van der Waals surface area contributed by atoms with Gasteiger partial charge in [0.2, 0.25) is 0 Å². The number of benzene rings is 2. The van der Waals surface area contributed by atoms with Crippen LogP contribution in [-0.2, 0) is 0 Å². The van der Waals surface area contributed by atoms with Gasteiger partial charge in [0.25, 0.3) is 0 Å². The fourth-order valence-corrected chi connectivity index (χ4v) is 1.94. The van der Waals surface area contributed by atoms with Crippen molar-refractivity contribution < 1.29 is 4.79 Å². The number of hydrogen-bond acceptors (Lipinski definition) is 2. The van der Waals surface area contributed by atoms with E-state index >= 15 is 0 Å². The second-order valence-corrected chi connectivity index (χ2v) is 4.35. The van der Waals surface area contributed by atoms with Gasteiger partial charge in [0.15, 0.2) is 0 Å². The second-order valence-electron chi connectivity index (χ2n) is 4.35. The molecule has 0 saturated heterocycles. The third-order valence-corrected chi connectivity index (χ3v) is 2.97. The van der Waals surface area contributed by atoms with Crippen molar-refractivity contribution in [2.45, 2.75) is 6.92 Å². The van der Waals surface area contributed by atoms with Gasteiger partial charge in [-0.3, -0.25) is 4.79 Å². The van der Waals surface area contributed by atoms with Gasteiger partial charge in [0.1, 0.15) is 6.29 Å². The Labute approximate surface area is 105 Å². The second kappa shape index (κ2) is 4.11. The molecule has 0 atom stereocenters. The van der Waals surface area contributed by atoms with Gasteiger partial charge in [-0.05, 0) is 25.1 Å². The molecule has 3 rings (SSSR count). The number of aldehydes is 1. The molecule has 18 heavy (non-hydrogen) atoms. The lowest BCUT2D eigenvalue weighted by molar-refractivity contribution is 0.112. The molecule has 3 heteroatoms. The maximum atomic E-state index is 10.7. The third-order valence-electron chi connectivity index (χ3n) is 2.97. The molecule has 0 aliphatic carbocycles. The van der Waals surface area contributed by atoms with Crippen LogP contribution in [0.2, 0.25) is 0 Å². The molecule has 1 aromatic heterocycles. The van der Waals surface area contributed by atoms with Crippen LogP contribution >= 0.6 is 0 Å². The van der Waals surface area contributed by atoms with Crippen LogP contribution in [0.1, 0.15) is 15.9 Å². The largest absolute Gasteiger partial charge is 0.298 e. The molecule has 1 heterocycles. The fraction of sp³-hybridized carbons (Fsp3) is 0.0667. The van der Waals surface area contributed by atoms with Crippen LogP contribution in [0.25, 0.3) is 16.6 Å². The predicted molar refractivity (Wildman–Crippen MR) is 71.2 cm³/mol. The van der Waals surface area contributed by atoms with E-state index in [1.54, 1.807) is 12.1 Å². The fourth-order valence-electron chi connectivity index (χ4n) is 1.94. The zero-order valence-corrected chi connectivity index (χ0v) is 10.00. The summed E-state index contributed by atoms with van der Waals surface area (Å²) in [6, 6.07) is 13.7. The van der Waals surface area contributed by atoms with Gasteiger partial charge in [-0.1, -0.05) is 29.8 Å². The number of carbonyl (C=O) groups excluding carboxylic acids is 1. The van der Waals surface area contributed by atoms with Crippen molar-refractivity contribution in [1.29, 1.82) is 0 Å². The molecule has 0 spiro atoms. The Kier molecular flexibility index (Phi) is 2.45. The van der Waals surface area contributed by atoms with E-state index in [9.17, 15) is 4.79 Å². The molecule has 3 nitrogen and oxygen atoms in total. The van der Waals surface area contributed by atoms with Crippen LogP contribution in [0, 0.1) is 6.92 Å². The lowest BCUT2D eigenvalue weighted by Crippen LogP contribution is -1.93. The molecule has 0 amide bonds. The number of fused-ring (bicyclic) bond motifs is 1. The van der Waals surface area contributed by atoms with E-state index in [0.717, 1.165) is 22.9 Å². The number of rotatable bonds is 2. The van der Waals surface area contributed by atoms with E-state index in [4.69, 9.17) is 0 Å². The van der Waals surface area contributed by atoms with E-state index in [1.807, 2.05) is 29.1 Å². The zero-order valence-electron chi connectivity index (χ0n) is 10.00. The van der Waals surface area contributed by atoms with Gasteiger partial charge < -0.3 is 0 Å². The summed E-state index contributed by atoms with van der Waals surface area (Å²) in [5.41, 5.74) is 3.72. The number of aryl methyl sites for hydroxylation is 1. The summed E-state index contributed by atoms with van der Waals surface area (Å²) in [4.78, 5) is 10.7. The summed E-state index contributed by atoms with van der Waals surface area (Å²) < 4.78 is 1.83. The molecule has 3 aromatic rings. The highest BCUT2D eigenvalue weighted by Crippen LogP contribution is 2.17. The first-order valence-corrected chi connectivity index (χ1v) is 5.78. The van der Waals surface area contributed by atoms with Gasteiger partial charge in [-0.25, -0.2) is 4.68 Å². The van der Waals surface area contributed by atoms with Gasteiger partial charge in [0, 0.05) is 17.1 Å². The van der Waals surface area contributed by atoms with E-state index in [-0.39, 0.29) is 0 Å². The first kappa shape index (κ1) is 10.7. The summed E-state index contributed by atoms with van der Waals surface area (Å²) in [5.74, 6) is 0. The first-order valence-electron chi connectivity index (χ1n) is 5.78. The minimum atomic E-state index is 0.650. The molecule has 88 valence electrons. The summed E-state index contributed by atoms with van der Waals surface area (Å²) in [5, 5.41) is 5.51. The van der Waals surface area contributed by atoms with E-state index < -0.39 is 0 Å². The summed E-state index contributed by atoms with van der Waals surface area (Å²) in [7, 11) is 0. The minimum absolute atomic E-state index is 0.650. The molecule has 2 aromatic carbocycles. The number of aromatic nitrogens is 2. The molecule has 0 N–H and O–H groups in total. The van der Waals surface area contributed by atoms with Crippen molar-refractivity contribution in [3.05, 3.63) is 59.8 Å². The first-order chi connectivity index (χ1) is 8.76. The van der Waals surface area contributed by atoms with Crippen molar-refractivity contribution in [2.24, 2.45) is 0 Å². The molecular formula is C15H12N2O. The van der Waals surface area contributed by atoms with Crippen LogP contribution < -0.4 is 0 Å². The maximum Gasteiger partial charge on any atom is 0.150 e. The Morgan fingerprint density at radius 2 is 1.89 bits per heavy atom. The molecule has 0 bridgehead atoms. The molecule has 0 saturated carbocycles. The minimum Gasteiger partial charge on any atom is -0.298 e. The molecule has 0 aliphatic rings. The molecule has 0 unspecified atom stereocenters. The highest BCUT2D eigenvalue weighted by molar-refractivity contribution is 5.86. The standard InChI is InChI=1S/C15H12N2O/c1-11-2-6-14(7-3-11)17-9-13-5-4-12(10-18)8-15(13)16-17/h2-10H,1H3. The van der Waals surface area contributed by atoms with Crippen molar-refractivity contribution in [3.63, 3.8) is 0 Å². The highest BCUT2D eigenvalue weighted by atomic mass is 16.1. The van der Waals surface area contributed by atoms with Crippen LogP contribution in [0.4, 0.5) is 0 Å². The maximum absolute atomic E-state index is 10.7. The van der Waals surface area contributed by atoms with Crippen molar-refractivity contribution in [3.8, 4) is 5.69 Å². The van der Waals surface area contributed by atoms with Gasteiger partial charge >= 0.3 is 0 Å². The van der Waals surface area contributed by atoms with Crippen molar-refractivity contribution in [1.82, 2.24) is 9.78 Å². The number of hydrogen-bond donors (Lipinski definition) is 0. The van der Waals surface area contributed by atoms with Crippen molar-refractivity contribution in [2.75, 3.05) is 0 Å². The SMILES string of the molecule is Cc1ccc(-n2cc3ccc(C=O)cc3n2)cc1. The quantitative estimate of drug-likeness (QED) is 0.641. The van der Waals surface area contributed by atoms with Crippen LogP contribution in [0.15, 0.2) is 48.7 Å². The normalized spacial score (nSPS) is 10.7. The molecular weight excluding hydrogens is 224 g/mol. The highest BCUT2D eigenvalue weighted by Gasteiger charge is 2.03. The summed E-state index contributed by atoms with van der Waals surface area (Å²) >= 11 is 0. The number of carbonyl (C=O) groups is 1. The van der Waals surface area contributed by atoms with Crippen LogP contribution in [0.3, 0.4) is 0 Å². The van der Waals surface area contributed by atoms with E-state index in [1.165, 1.54) is 5.56 Å².